The van der Waals surface area contributed by atoms with Crippen LogP contribution in [0.25, 0.3) is 0 Å². The molecular formula is C14H24O4. The van der Waals surface area contributed by atoms with Crippen LogP contribution in [0.1, 0.15) is 52.9 Å². The van der Waals surface area contributed by atoms with Gasteiger partial charge in [-0.05, 0) is 31.6 Å². The summed E-state index contributed by atoms with van der Waals surface area (Å²) in [6.07, 6.45) is 4.12. The Labute approximate surface area is 109 Å². The van der Waals surface area contributed by atoms with Crippen LogP contribution in [0.2, 0.25) is 0 Å². The van der Waals surface area contributed by atoms with Crippen molar-refractivity contribution >= 4 is 11.9 Å². The van der Waals surface area contributed by atoms with Gasteiger partial charge >= 0.3 is 11.9 Å². The molecule has 1 fully saturated rings. The third-order valence-electron chi connectivity index (χ3n) is 3.26. The topological polar surface area (TPSA) is 52.6 Å². The number of carbonyl (C=O) groups is 2. The van der Waals surface area contributed by atoms with Crippen molar-refractivity contribution in [3.05, 3.63) is 0 Å². The van der Waals surface area contributed by atoms with Crippen LogP contribution in [0, 0.1) is 11.8 Å². The first-order valence-corrected chi connectivity index (χ1v) is 6.84. The van der Waals surface area contributed by atoms with Crippen LogP contribution in [0.3, 0.4) is 0 Å². The summed E-state index contributed by atoms with van der Waals surface area (Å²) >= 11 is 0. The largest absolute Gasteiger partial charge is 0.465 e. The Morgan fingerprint density at radius 1 is 1.22 bits per heavy atom. The molecule has 104 valence electrons. The molecule has 0 heterocycles. The minimum Gasteiger partial charge on any atom is -0.465 e. The Bertz CT molecular complexity index is 286. The van der Waals surface area contributed by atoms with Crippen molar-refractivity contribution in [2.45, 2.75) is 59.0 Å². The molecule has 0 spiro atoms. The molecule has 0 saturated heterocycles. The third-order valence-corrected chi connectivity index (χ3v) is 3.26. The molecule has 1 aliphatic rings. The first kappa shape index (κ1) is 15.0. The normalized spacial score (nSPS) is 23.8. The predicted molar refractivity (Wildman–Crippen MR) is 67.9 cm³/mol. The van der Waals surface area contributed by atoms with Gasteiger partial charge in [-0.15, -0.1) is 0 Å². The summed E-state index contributed by atoms with van der Waals surface area (Å²) in [6.45, 7) is 6.03. The maximum Gasteiger partial charge on any atom is 0.312 e. The lowest BCUT2D eigenvalue weighted by Gasteiger charge is -2.29. The lowest BCUT2D eigenvalue weighted by atomic mass is 9.86. The van der Waals surface area contributed by atoms with E-state index in [0.29, 0.717) is 12.5 Å². The smallest absolute Gasteiger partial charge is 0.312 e. The number of ether oxygens (including phenoxy) is 2. The second kappa shape index (κ2) is 7.39. The van der Waals surface area contributed by atoms with Crippen LogP contribution in [-0.4, -0.2) is 24.6 Å². The van der Waals surface area contributed by atoms with E-state index in [0.717, 1.165) is 32.1 Å². The molecule has 0 bridgehead atoms. The minimum absolute atomic E-state index is 0.207. The predicted octanol–water partition coefficient (Wildman–Crippen LogP) is 2.70. The Morgan fingerprint density at radius 3 is 2.50 bits per heavy atom. The van der Waals surface area contributed by atoms with Crippen molar-refractivity contribution in [3.8, 4) is 0 Å². The summed E-state index contributed by atoms with van der Waals surface area (Å²) in [7, 11) is 0. The van der Waals surface area contributed by atoms with Crippen molar-refractivity contribution in [2.75, 3.05) is 6.61 Å². The van der Waals surface area contributed by atoms with Gasteiger partial charge in [0, 0.05) is 6.92 Å². The molecular weight excluding hydrogens is 232 g/mol. The lowest BCUT2D eigenvalue weighted by molar-refractivity contribution is -0.163. The molecule has 0 amide bonds. The van der Waals surface area contributed by atoms with E-state index in [9.17, 15) is 9.59 Å². The van der Waals surface area contributed by atoms with Gasteiger partial charge in [-0.2, -0.15) is 0 Å². The van der Waals surface area contributed by atoms with Crippen LogP contribution in [0.15, 0.2) is 0 Å². The van der Waals surface area contributed by atoms with Crippen molar-refractivity contribution < 1.29 is 19.1 Å². The molecule has 1 saturated carbocycles. The molecule has 18 heavy (non-hydrogen) atoms. The van der Waals surface area contributed by atoms with E-state index in [1.54, 1.807) is 0 Å². The van der Waals surface area contributed by atoms with E-state index in [1.165, 1.54) is 6.92 Å². The summed E-state index contributed by atoms with van der Waals surface area (Å²) in [5.74, 6) is -0.272. The molecule has 0 N–H and O–H groups in total. The number of esters is 2. The zero-order valence-electron chi connectivity index (χ0n) is 11.6. The van der Waals surface area contributed by atoms with E-state index in [4.69, 9.17) is 9.47 Å². The third kappa shape index (κ3) is 5.07. The first-order valence-electron chi connectivity index (χ1n) is 6.84. The molecule has 0 aromatic heterocycles. The second-order valence-corrected chi connectivity index (χ2v) is 5.39. The van der Waals surface area contributed by atoms with Gasteiger partial charge in [0.2, 0.25) is 0 Å². The standard InChI is InChI=1S/C14H24O4/c1-10(2)8-9-17-14(16)12-6-4-5-7-13(12)18-11(3)15/h10,12-13H,4-9H2,1-3H3. The summed E-state index contributed by atoms with van der Waals surface area (Å²) < 4.78 is 10.5. The molecule has 1 rings (SSSR count). The van der Waals surface area contributed by atoms with E-state index in [2.05, 4.69) is 13.8 Å². The highest BCUT2D eigenvalue weighted by atomic mass is 16.6. The van der Waals surface area contributed by atoms with E-state index in [-0.39, 0.29) is 24.0 Å². The molecule has 0 aliphatic heterocycles. The number of hydrogen-bond acceptors (Lipinski definition) is 4. The molecule has 0 aromatic carbocycles. The zero-order chi connectivity index (χ0) is 13.5. The maximum atomic E-state index is 12.0. The fourth-order valence-corrected chi connectivity index (χ4v) is 2.22. The summed E-state index contributed by atoms with van der Waals surface area (Å²) in [5.41, 5.74) is 0. The fourth-order valence-electron chi connectivity index (χ4n) is 2.22. The number of hydrogen-bond donors (Lipinski definition) is 0. The SMILES string of the molecule is CC(=O)OC1CCCCC1C(=O)OCCC(C)C. The van der Waals surface area contributed by atoms with Crippen LogP contribution in [0.4, 0.5) is 0 Å². The lowest BCUT2D eigenvalue weighted by Crippen LogP contribution is -2.36. The molecule has 0 radical (unpaired) electrons. The maximum absolute atomic E-state index is 12.0. The Balaban J connectivity index is 2.44. The summed E-state index contributed by atoms with van der Waals surface area (Å²) in [4.78, 5) is 23.0. The van der Waals surface area contributed by atoms with Gasteiger partial charge in [0.05, 0.1) is 12.5 Å². The van der Waals surface area contributed by atoms with E-state index in [1.807, 2.05) is 0 Å². The van der Waals surface area contributed by atoms with Crippen LogP contribution >= 0.6 is 0 Å². The van der Waals surface area contributed by atoms with Crippen LogP contribution in [0.5, 0.6) is 0 Å². The highest BCUT2D eigenvalue weighted by Gasteiger charge is 2.34. The average molecular weight is 256 g/mol. The quantitative estimate of drug-likeness (QED) is 0.710. The average Bonchev–Trinajstić information content (AvgIpc) is 2.28. The molecule has 2 atom stereocenters. The van der Waals surface area contributed by atoms with Gasteiger partial charge in [-0.3, -0.25) is 9.59 Å². The van der Waals surface area contributed by atoms with Crippen molar-refractivity contribution in [1.82, 2.24) is 0 Å². The van der Waals surface area contributed by atoms with Crippen LogP contribution in [-0.2, 0) is 19.1 Å². The van der Waals surface area contributed by atoms with Crippen molar-refractivity contribution in [1.29, 1.82) is 0 Å². The Hall–Kier alpha value is -1.06. The highest BCUT2D eigenvalue weighted by Crippen LogP contribution is 2.28. The molecule has 2 unspecified atom stereocenters. The molecule has 0 aromatic rings. The van der Waals surface area contributed by atoms with Crippen molar-refractivity contribution in [2.24, 2.45) is 11.8 Å². The van der Waals surface area contributed by atoms with Gasteiger partial charge < -0.3 is 9.47 Å². The Morgan fingerprint density at radius 2 is 1.89 bits per heavy atom. The fraction of sp³-hybridized carbons (Fsp3) is 0.857. The number of carbonyl (C=O) groups excluding carboxylic acids is 2. The molecule has 4 nitrogen and oxygen atoms in total. The first-order chi connectivity index (χ1) is 8.50. The molecule has 4 heteroatoms. The van der Waals surface area contributed by atoms with E-state index >= 15 is 0 Å². The van der Waals surface area contributed by atoms with E-state index < -0.39 is 0 Å². The van der Waals surface area contributed by atoms with Gasteiger partial charge in [-0.25, -0.2) is 0 Å². The molecule has 1 aliphatic carbocycles. The summed E-state index contributed by atoms with van der Waals surface area (Å²) in [5, 5.41) is 0. The summed E-state index contributed by atoms with van der Waals surface area (Å²) in [6, 6.07) is 0. The minimum atomic E-state index is -0.318. The monoisotopic (exact) mass is 256 g/mol. The number of rotatable bonds is 5. The van der Waals surface area contributed by atoms with Gasteiger partial charge in [0.1, 0.15) is 6.10 Å². The highest BCUT2D eigenvalue weighted by molar-refractivity contribution is 5.74. The van der Waals surface area contributed by atoms with Gasteiger partial charge in [0.15, 0.2) is 0 Å². The van der Waals surface area contributed by atoms with Gasteiger partial charge in [0.25, 0.3) is 0 Å². The van der Waals surface area contributed by atoms with Gasteiger partial charge in [-0.1, -0.05) is 20.3 Å². The zero-order valence-corrected chi connectivity index (χ0v) is 11.6. The van der Waals surface area contributed by atoms with Crippen molar-refractivity contribution in [3.63, 3.8) is 0 Å². The Kier molecular flexibility index (Phi) is 6.16. The second-order valence-electron chi connectivity index (χ2n) is 5.39. The van der Waals surface area contributed by atoms with Crippen LogP contribution < -0.4 is 0 Å².